The van der Waals surface area contributed by atoms with E-state index in [1.54, 1.807) is 7.11 Å². The molecule has 4 heteroatoms. The molecule has 19 heavy (non-hydrogen) atoms. The first-order valence-electron chi connectivity index (χ1n) is 6.86. The van der Waals surface area contributed by atoms with Crippen LogP contribution >= 0.6 is 0 Å². The molecule has 1 aromatic rings. The Morgan fingerprint density at radius 1 is 1.16 bits per heavy atom. The first-order chi connectivity index (χ1) is 9.36. The van der Waals surface area contributed by atoms with Gasteiger partial charge in [0, 0.05) is 39.8 Å². The molecular formula is C15H25NO3. The van der Waals surface area contributed by atoms with E-state index in [-0.39, 0.29) is 0 Å². The summed E-state index contributed by atoms with van der Waals surface area (Å²) in [5.74, 6) is 0.919. The SMILES string of the molecule is CCOCCCOc1cccc(CNCCOC)c1. The summed E-state index contributed by atoms with van der Waals surface area (Å²) in [6.07, 6.45) is 0.921. The summed E-state index contributed by atoms with van der Waals surface area (Å²) in [7, 11) is 1.71. The van der Waals surface area contributed by atoms with Crippen LogP contribution in [0.5, 0.6) is 5.75 Å². The Kier molecular flexibility index (Phi) is 9.06. The van der Waals surface area contributed by atoms with Gasteiger partial charge in [0.25, 0.3) is 0 Å². The molecule has 1 N–H and O–H groups in total. The molecule has 0 saturated carbocycles. The van der Waals surface area contributed by atoms with Gasteiger partial charge in [0.2, 0.25) is 0 Å². The zero-order valence-electron chi connectivity index (χ0n) is 12.0. The van der Waals surface area contributed by atoms with Crippen molar-refractivity contribution in [3.8, 4) is 5.75 Å². The topological polar surface area (TPSA) is 39.7 Å². The Morgan fingerprint density at radius 2 is 2.05 bits per heavy atom. The van der Waals surface area contributed by atoms with Gasteiger partial charge < -0.3 is 19.5 Å². The minimum Gasteiger partial charge on any atom is -0.493 e. The van der Waals surface area contributed by atoms with Gasteiger partial charge in [-0.05, 0) is 24.6 Å². The summed E-state index contributed by atoms with van der Waals surface area (Å²) >= 11 is 0. The van der Waals surface area contributed by atoms with Gasteiger partial charge in [0.15, 0.2) is 0 Å². The fourth-order valence-electron chi connectivity index (χ4n) is 1.65. The highest BCUT2D eigenvalue weighted by molar-refractivity contribution is 5.28. The average molecular weight is 267 g/mol. The number of hydrogen-bond acceptors (Lipinski definition) is 4. The van der Waals surface area contributed by atoms with Crippen molar-refractivity contribution in [3.63, 3.8) is 0 Å². The van der Waals surface area contributed by atoms with E-state index in [2.05, 4.69) is 17.4 Å². The van der Waals surface area contributed by atoms with Crippen molar-refractivity contribution in [2.24, 2.45) is 0 Å². The van der Waals surface area contributed by atoms with Crippen LogP contribution < -0.4 is 10.1 Å². The summed E-state index contributed by atoms with van der Waals surface area (Å²) in [5, 5.41) is 3.31. The fraction of sp³-hybridized carbons (Fsp3) is 0.600. The normalized spacial score (nSPS) is 10.6. The lowest BCUT2D eigenvalue weighted by Gasteiger charge is -2.09. The third-order valence-corrected chi connectivity index (χ3v) is 2.62. The zero-order chi connectivity index (χ0) is 13.8. The Labute approximate surface area is 116 Å². The Hall–Kier alpha value is -1.10. The standard InChI is InChI=1S/C15H25NO3/c1-3-18-9-5-10-19-15-7-4-6-14(12-15)13-16-8-11-17-2/h4,6-7,12,16H,3,5,8-11,13H2,1-2H3. The number of benzene rings is 1. The van der Waals surface area contributed by atoms with Crippen molar-refractivity contribution < 1.29 is 14.2 Å². The van der Waals surface area contributed by atoms with E-state index >= 15 is 0 Å². The molecule has 0 aliphatic rings. The highest BCUT2D eigenvalue weighted by atomic mass is 16.5. The second-order valence-electron chi connectivity index (χ2n) is 4.22. The van der Waals surface area contributed by atoms with E-state index in [0.717, 1.165) is 45.1 Å². The second-order valence-corrected chi connectivity index (χ2v) is 4.22. The van der Waals surface area contributed by atoms with Crippen molar-refractivity contribution >= 4 is 0 Å². The third-order valence-electron chi connectivity index (χ3n) is 2.62. The minimum atomic E-state index is 0.695. The van der Waals surface area contributed by atoms with Gasteiger partial charge in [0.1, 0.15) is 5.75 Å². The van der Waals surface area contributed by atoms with Crippen molar-refractivity contribution in [2.75, 3.05) is 40.1 Å². The highest BCUT2D eigenvalue weighted by Gasteiger charge is 1.97. The highest BCUT2D eigenvalue weighted by Crippen LogP contribution is 2.13. The molecule has 1 aromatic carbocycles. The molecule has 108 valence electrons. The van der Waals surface area contributed by atoms with Gasteiger partial charge in [-0.1, -0.05) is 12.1 Å². The van der Waals surface area contributed by atoms with Crippen LogP contribution in [0.25, 0.3) is 0 Å². The van der Waals surface area contributed by atoms with Gasteiger partial charge in [-0.2, -0.15) is 0 Å². The van der Waals surface area contributed by atoms with Crippen molar-refractivity contribution in [3.05, 3.63) is 29.8 Å². The molecule has 0 aromatic heterocycles. The smallest absolute Gasteiger partial charge is 0.119 e. The Morgan fingerprint density at radius 3 is 2.84 bits per heavy atom. The quantitative estimate of drug-likeness (QED) is 0.624. The van der Waals surface area contributed by atoms with Gasteiger partial charge in [-0.15, -0.1) is 0 Å². The van der Waals surface area contributed by atoms with Crippen LogP contribution in [0, 0.1) is 0 Å². The monoisotopic (exact) mass is 267 g/mol. The summed E-state index contributed by atoms with van der Waals surface area (Å²) in [5.41, 5.74) is 1.22. The van der Waals surface area contributed by atoms with E-state index in [9.17, 15) is 0 Å². The van der Waals surface area contributed by atoms with E-state index < -0.39 is 0 Å². The molecule has 0 radical (unpaired) electrons. The molecule has 0 amide bonds. The summed E-state index contributed by atoms with van der Waals surface area (Å²) in [6.45, 7) is 6.64. The largest absolute Gasteiger partial charge is 0.493 e. The van der Waals surface area contributed by atoms with Crippen LogP contribution in [0.15, 0.2) is 24.3 Å². The van der Waals surface area contributed by atoms with E-state index in [4.69, 9.17) is 14.2 Å². The van der Waals surface area contributed by atoms with Gasteiger partial charge in [-0.25, -0.2) is 0 Å². The third kappa shape index (κ3) is 7.82. The van der Waals surface area contributed by atoms with Crippen LogP contribution in [-0.2, 0) is 16.0 Å². The molecule has 0 saturated heterocycles. The molecule has 0 spiro atoms. The second kappa shape index (κ2) is 10.8. The number of methoxy groups -OCH3 is 1. The number of rotatable bonds is 11. The maximum atomic E-state index is 5.69. The number of hydrogen-bond donors (Lipinski definition) is 1. The van der Waals surface area contributed by atoms with Crippen LogP contribution in [0.1, 0.15) is 18.9 Å². The number of ether oxygens (including phenoxy) is 3. The predicted molar refractivity (Wildman–Crippen MR) is 76.6 cm³/mol. The minimum absolute atomic E-state index is 0.695. The van der Waals surface area contributed by atoms with Crippen molar-refractivity contribution in [1.82, 2.24) is 5.32 Å². The number of nitrogens with one attached hydrogen (secondary N) is 1. The molecule has 0 fully saturated rings. The van der Waals surface area contributed by atoms with Gasteiger partial charge >= 0.3 is 0 Å². The van der Waals surface area contributed by atoms with E-state index in [1.807, 2.05) is 19.1 Å². The van der Waals surface area contributed by atoms with E-state index in [0.29, 0.717) is 6.61 Å². The molecule has 0 bridgehead atoms. The average Bonchev–Trinajstić information content (AvgIpc) is 2.44. The molecule has 0 heterocycles. The Bertz CT molecular complexity index is 331. The van der Waals surface area contributed by atoms with Crippen molar-refractivity contribution in [2.45, 2.75) is 19.9 Å². The van der Waals surface area contributed by atoms with E-state index in [1.165, 1.54) is 5.56 Å². The fourth-order valence-corrected chi connectivity index (χ4v) is 1.65. The molecule has 4 nitrogen and oxygen atoms in total. The van der Waals surface area contributed by atoms with Crippen LogP contribution in [-0.4, -0.2) is 40.1 Å². The van der Waals surface area contributed by atoms with Gasteiger partial charge in [0.05, 0.1) is 13.2 Å². The maximum absolute atomic E-state index is 5.69. The summed E-state index contributed by atoms with van der Waals surface area (Å²) < 4.78 is 15.9. The molecule has 0 aliphatic carbocycles. The zero-order valence-corrected chi connectivity index (χ0v) is 12.0. The summed E-state index contributed by atoms with van der Waals surface area (Å²) in [4.78, 5) is 0. The van der Waals surface area contributed by atoms with Crippen LogP contribution in [0.4, 0.5) is 0 Å². The molecule has 0 aliphatic heterocycles. The predicted octanol–water partition coefficient (Wildman–Crippen LogP) is 2.23. The first-order valence-corrected chi connectivity index (χ1v) is 6.86. The molecule has 1 rings (SSSR count). The lowest BCUT2D eigenvalue weighted by molar-refractivity contribution is 0.131. The molecule has 0 unspecified atom stereocenters. The van der Waals surface area contributed by atoms with Crippen LogP contribution in [0.3, 0.4) is 0 Å². The molecule has 0 atom stereocenters. The first kappa shape index (κ1) is 16.0. The lowest BCUT2D eigenvalue weighted by atomic mass is 10.2. The van der Waals surface area contributed by atoms with Crippen LogP contribution in [0.2, 0.25) is 0 Å². The molecular weight excluding hydrogens is 242 g/mol. The van der Waals surface area contributed by atoms with Crippen molar-refractivity contribution in [1.29, 1.82) is 0 Å². The lowest BCUT2D eigenvalue weighted by Crippen LogP contribution is -2.18. The summed E-state index contributed by atoms with van der Waals surface area (Å²) in [6, 6.07) is 8.16. The Balaban J connectivity index is 2.23. The maximum Gasteiger partial charge on any atom is 0.119 e. The van der Waals surface area contributed by atoms with Gasteiger partial charge in [-0.3, -0.25) is 0 Å².